The van der Waals surface area contributed by atoms with Crippen molar-refractivity contribution in [3.63, 3.8) is 0 Å². The Kier molecular flexibility index (Phi) is 3.92. The number of aliphatic hydroxyl groups is 1. The molecule has 0 saturated heterocycles. The van der Waals surface area contributed by atoms with Gasteiger partial charge in [0.2, 0.25) is 0 Å². The Bertz CT molecular complexity index is 701. The highest BCUT2D eigenvalue weighted by atomic mass is 16.5. The van der Waals surface area contributed by atoms with Crippen molar-refractivity contribution in [1.29, 1.82) is 0 Å². The Balaban J connectivity index is 1.49. The maximum Gasteiger partial charge on any atom is 0.177 e. The van der Waals surface area contributed by atoms with Crippen LogP contribution in [0.2, 0.25) is 0 Å². The summed E-state index contributed by atoms with van der Waals surface area (Å²) in [6.45, 7) is 0.555. The van der Waals surface area contributed by atoms with Crippen LogP contribution >= 0.6 is 0 Å². The zero-order chi connectivity index (χ0) is 14.5. The van der Waals surface area contributed by atoms with E-state index in [9.17, 15) is 5.11 Å². The molecule has 0 spiro atoms. The van der Waals surface area contributed by atoms with Gasteiger partial charge in [-0.2, -0.15) is 4.52 Å². The fraction of sp³-hybridized carbons (Fsp3) is 0.214. The fourth-order valence-electron chi connectivity index (χ4n) is 1.81. The Morgan fingerprint density at radius 2 is 2.05 bits per heavy atom. The van der Waals surface area contributed by atoms with Gasteiger partial charge < -0.3 is 15.2 Å². The molecule has 3 aromatic rings. The zero-order valence-corrected chi connectivity index (χ0v) is 11.3. The third kappa shape index (κ3) is 3.46. The molecular formula is C14H15N5O2. The van der Waals surface area contributed by atoms with E-state index in [0.29, 0.717) is 18.0 Å². The highest BCUT2D eigenvalue weighted by Crippen LogP contribution is 2.09. The van der Waals surface area contributed by atoms with Crippen molar-refractivity contribution in [2.45, 2.75) is 6.10 Å². The number of fused-ring (bicyclic) bond motifs is 1. The summed E-state index contributed by atoms with van der Waals surface area (Å²) in [5.41, 5.74) is 0.675. The Morgan fingerprint density at radius 3 is 2.90 bits per heavy atom. The minimum atomic E-state index is -0.636. The first kappa shape index (κ1) is 13.3. The van der Waals surface area contributed by atoms with E-state index in [1.54, 1.807) is 16.6 Å². The molecule has 1 aromatic carbocycles. The van der Waals surface area contributed by atoms with Gasteiger partial charge in [-0.15, -0.1) is 15.3 Å². The number of nitrogens with zero attached hydrogens (tertiary/aromatic N) is 4. The summed E-state index contributed by atoms with van der Waals surface area (Å²) in [4.78, 5) is 0. The summed E-state index contributed by atoms with van der Waals surface area (Å²) in [6, 6.07) is 13.0. The quantitative estimate of drug-likeness (QED) is 0.702. The van der Waals surface area contributed by atoms with Gasteiger partial charge in [0.05, 0.1) is 0 Å². The van der Waals surface area contributed by atoms with Crippen molar-refractivity contribution in [1.82, 2.24) is 19.8 Å². The summed E-state index contributed by atoms with van der Waals surface area (Å²) in [5.74, 6) is 1.38. The molecule has 7 heteroatoms. The number of rotatable bonds is 6. The van der Waals surface area contributed by atoms with Gasteiger partial charge in [0, 0.05) is 6.54 Å². The van der Waals surface area contributed by atoms with Crippen LogP contribution < -0.4 is 10.1 Å². The Labute approximate surface area is 121 Å². The molecule has 1 atom stereocenters. The minimum Gasteiger partial charge on any atom is -0.491 e. The normalized spacial score (nSPS) is 12.2. The number of ether oxygens (including phenoxy) is 1. The lowest BCUT2D eigenvalue weighted by Crippen LogP contribution is -2.26. The molecule has 0 bridgehead atoms. The number of benzene rings is 1. The van der Waals surface area contributed by atoms with Gasteiger partial charge >= 0.3 is 0 Å². The van der Waals surface area contributed by atoms with E-state index >= 15 is 0 Å². The molecule has 0 radical (unpaired) electrons. The van der Waals surface area contributed by atoms with Crippen LogP contribution in [0.3, 0.4) is 0 Å². The van der Waals surface area contributed by atoms with Gasteiger partial charge in [-0.25, -0.2) is 0 Å². The first-order valence-corrected chi connectivity index (χ1v) is 6.58. The average molecular weight is 285 g/mol. The van der Waals surface area contributed by atoms with E-state index in [2.05, 4.69) is 20.6 Å². The number of aromatic nitrogens is 4. The second-order valence-corrected chi connectivity index (χ2v) is 4.51. The van der Waals surface area contributed by atoms with Crippen LogP contribution in [0.1, 0.15) is 0 Å². The van der Waals surface area contributed by atoms with E-state index in [0.717, 1.165) is 5.75 Å². The lowest BCUT2D eigenvalue weighted by molar-refractivity contribution is 0.117. The topological polar surface area (TPSA) is 84.6 Å². The molecule has 21 heavy (non-hydrogen) atoms. The van der Waals surface area contributed by atoms with Crippen LogP contribution in [0.4, 0.5) is 5.82 Å². The van der Waals surface area contributed by atoms with Crippen molar-refractivity contribution < 1.29 is 9.84 Å². The van der Waals surface area contributed by atoms with Crippen LogP contribution in [0.5, 0.6) is 5.75 Å². The molecule has 2 N–H and O–H groups in total. The van der Waals surface area contributed by atoms with Crippen molar-refractivity contribution >= 4 is 11.5 Å². The van der Waals surface area contributed by atoms with Crippen molar-refractivity contribution in [2.24, 2.45) is 0 Å². The van der Waals surface area contributed by atoms with Crippen molar-refractivity contribution in [2.75, 3.05) is 18.5 Å². The van der Waals surface area contributed by atoms with Crippen LogP contribution in [-0.2, 0) is 0 Å². The van der Waals surface area contributed by atoms with Gasteiger partial charge in [0.25, 0.3) is 0 Å². The van der Waals surface area contributed by atoms with E-state index in [1.165, 1.54) is 6.33 Å². The van der Waals surface area contributed by atoms with Gasteiger partial charge in [-0.05, 0) is 24.3 Å². The number of anilines is 1. The smallest absolute Gasteiger partial charge is 0.177 e. The summed E-state index contributed by atoms with van der Waals surface area (Å²) >= 11 is 0. The number of hydrogen-bond donors (Lipinski definition) is 2. The predicted octanol–water partition coefficient (Wildman–Crippen LogP) is 0.976. The maximum absolute atomic E-state index is 9.90. The highest BCUT2D eigenvalue weighted by molar-refractivity contribution is 5.42. The molecule has 108 valence electrons. The highest BCUT2D eigenvalue weighted by Gasteiger charge is 2.06. The summed E-state index contributed by atoms with van der Waals surface area (Å²) in [5, 5.41) is 24.8. The zero-order valence-electron chi connectivity index (χ0n) is 11.3. The molecule has 7 nitrogen and oxygen atoms in total. The second-order valence-electron chi connectivity index (χ2n) is 4.51. The number of nitrogens with one attached hydrogen (secondary N) is 1. The number of para-hydroxylation sites is 1. The summed E-state index contributed by atoms with van der Waals surface area (Å²) in [7, 11) is 0. The Morgan fingerprint density at radius 1 is 1.19 bits per heavy atom. The molecule has 2 aromatic heterocycles. The van der Waals surface area contributed by atoms with Gasteiger partial charge in [-0.1, -0.05) is 18.2 Å². The molecule has 0 fully saturated rings. The van der Waals surface area contributed by atoms with Crippen LogP contribution in [-0.4, -0.2) is 44.2 Å². The van der Waals surface area contributed by atoms with Crippen molar-refractivity contribution in [3.8, 4) is 5.75 Å². The van der Waals surface area contributed by atoms with Gasteiger partial charge in [0.15, 0.2) is 5.65 Å². The van der Waals surface area contributed by atoms with Crippen LogP contribution in [0, 0.1) is 0 Å². The van der Waals surface area contributed by atoms with E-state index in [4.69, 9.17) is 4.74 Å². The van der Waals surface area contributed by atoms with E-state index in [-0.39, 0.29) is 6.61 Å². The molecule has 0 aliphatic carbocycles. The van der Waals surface area contributed by atoms with Crippen LogP contribution in [0.15, 0.2) is 48.8 Å². The van der Waals surface area contributed by atoms with E-state index in [1.807, 2.05) is 30.3 Å². The third-order valence-corrected chi connectivity index (χ3v) is 2.87. The Hall–Kier alpha value is -2.67. The first-order chi connectivity index (χ1) is 10.3. The van der Waals surface area contributed by atoms with Crippen molar-refractivity contribution in [3.05, 3.63) is 48.8 Å². The summed E-state index contributed by atoms with van der Waals surface area (Å²) in [6.07, 6.45) is 0.888. The molecule has 0 unspecified atom stereocenters. The molecule has 3 rings (SSSR count). The van der Waals surface area contributed by atoms with Crippen LogP contribution in [0.25, 0.3) is 5.65 Å². The fourth-order valence-corrected chi connectivity index (χ4v) is 1.81. The predicted molar refractivity (Wildman–Crippen MR) is 77.2 cm³/mol. The molecule has 0 saturated carbocycles. The minimum absolute atomic E-state index is 0.214. The lowest BCUT2D eigenvalue weighted by Gasteiger charge is -2.13. The maximum atomic E-state index is 9.90. The average Bonchev–Trinajstić information content (AvgIpc) is 2.99. The molecule has 0 aliphatic heterocycles. The lowest BCUT2D eigenvalue weighted by atomic mass is 10.3. The molecule has 0 aliphatic rings. The third-order valence-electron chi connectivity index (χ3n) is 2.87. The van der Waals surface area contributed by atoms with E-state index < -0.39 is 6.10 Å². The first-order valence-electron chi connectivity index (χ1n) is 6.58. The standard InChI is InChI=1S/C14H15N5O2/c20-11(9-21-12-4-2-1-3-5-12)8-15-13-6-7-14-17-16-10-19(14)18-13/h1-7,10-11,20H,8-9H2,(H,15,18)/t11-/m0/s1. The number of aliphatic hydroxyl groups excluding tert-OH is 1. The van der Waals surface area contributed by atoms with Gasteiger partial charge in [-0.3, -0.25) is 0 Å². The molecule has 2 heterocycles. The summed E-state index contributed by atoms with van der Waals surface area (Å²) < 4.78 is 7.04. The second kappa shape index (κ2) is 6.19. The molecular weight excluding hydrogens is 270 g/mol. The monoisotopic (exact) mass is 285 g/mol. The largest absolute Gasteiger partial charge is 0.491 e. The molecule has 0 amide bonds. The van der Waals surface area contributed by atoms with Gasteiger partial charge in [0.1, 0.15) is 30.6 Å². The SMILES string of the molecule is O[C@@H](CNc1ccc2nncn2n1)COc1ccccc1. The number of hydrogen-bond acceptors (Lipinski definition) is 6.